The van der Waals surface area contributed by atoms with Crippen LogP contribution in [0, 0.1) is 0 Å². The van der Waals surface area contributed by atoms with E-state index in [1.165, 1.54) is 13.4 Å². The normalized spacial score (nSPS) is 19.8. The van der Waals surface area contributed by atoms with Crippen molar-refractivity contribution in [1.29, 1.82) is 0 Å². The van der Waals surface area contributed by atoms with Gasteiger partial charge in [0.2, 0.25) is 5.91 Å². The Balaban J connectivity index is 2.10. The maximum atomic E-state index is 11.4. The molecule has 2 heterocycles. The maximum absolute atomic E-state index is 11.4. The fourth-order valence-electron chi connectivity index (χ4n) is 1.96. The zero-order chi connectivity index (χ0) is 13.1. The second kappa shape index (κ2) is 5.39. The van der Waals surface area contributed by atoms with Crippen molar-refractivity contribution in [2.24, 2.45) is 0 Å². The molecule has 0 saturated carbocycles. The second-order valence-electron chi connectivity index (χ2n) is 4.20. The summed E-state index contributed by atoms with van der Waals surface area (Å²) in [7, 11) is 3.31. The van der Waals surface area contributed by atoms with Crippen LogP contribution in [0.15, 0.2) is 6.33 Å². The zero-order valence-electron chi connectivity index (χ0n) is 10.3. The quantitative estimate of drug-likeness (QED) is 0.835. The molecule has 1 atom stereocenters. The first-order valence-corrected chi connectivity index (χ1v) is 6.04. The van der Waals surface area contributed by atoms with Crippen molar-refractivity contribution < 1.29 is 9.53 Å². The Hall–Kier alpha value is -1.56. The summed E-state index contributed by atoms with van der Waals surface area (Å²) in [4.78, 5) is 21.1. The fraction of sp³-hybridized carbons (Fsp3) is 0.545. The van der Waals surface area contributed by atoms with E-state index in [9.17, 15) is 4.79 Å². The van der Waals surface area contributed by atoms with E-state index in [0.717, 1.165) is 6.42 Å². The standard InChI is InChI=1S/C11H15ClN4O2/c1-16-5-7(3-4-8(16)17)15-11-9(18-2)10(12)13-6-14-11/h6-7H,3-5H2,1-2H3,(H,13,14,15). The lowest BCUT2D eigenvalue weighted by atomic mass is 10.1. The highest BCUT2D eigenvalue weighted by molar-refractivity contribution is 6.31. The molecule has 6 nitrogen and oxygen atoms in total. The van der Waals surface area contributed by atoms with Crippen LogP contribution in [0.2, 0.25) is 5.15 Å². The Morgan fingerprint density at radius 1 is 1.56 bits per heavy atom. The number of carbonyl (C=O) groups is 1. The molecule has 2 rings (SSSR count). The molecule has 0 aromatic carbocycles. The number of rotatable bonds is 3. The number of hydrogen-bond donors (Lipinski definition) is 1. The summed E-state index contributed by atoms with van der Waals surface area (Å²) < 4.78 is 5.17. The highest BCUT2D eigenvalue weighted by atomic mass is 35.5. The van der Waals surface area contributed by atoms with Gasteiger partial charge in [0.15, 0.2) is 16.7 Å². The highest BCUT2D eigenvalue weighted by Gasteiger charge is 2.24. The Morgan fingerprint density at radius 3 is 3.00 bits per heavy atom. The molecule has 0 spiro atoms. The Kier molecular flexibility index (Phi) is 3.86. The number of anilines is 1. The zero-order valence-corrected chi connectivity index (χ0v) is 11.1. The Morgan fingerprint density at radius 2 is 2.33 bits per heavy atom. The predicted octanol–water partition coefficient (Wildman–Crippen LogP) is 1.17. The first kappa shape index (κ1) is 12.9. The number of hydrogen-bond acceptors (Lipinski definition) is 5. The van der Waals surface area contributed by atoms with Crippen LogP contribution < -0.4 is 10.1 Å². The van der Waals surface area contributed by atoms with E-state index in [2.05, 4.69) is 15.3 Å². The molecule has 1 aliphatic heterocycles. The van der Waals surface area contributed by atoms with E-state index >= 15 is 0 Å². The fourth-order valence-corrected chi connectivity index (χ4v) is 2.17. The third-order valence-electron chi connectivity index (χ3n) is 2.93. The minimum Gasteiger partial charge on any atom is -0.490 e. The SMILES string of the molecule is COc1c(Cl)ncnc1NC1CCC(=O)N(C)C1. The summed E-state index contributed by atoms with van der Waals surface area (Å²) in [5, 5.41) is 3.51. The minimum absolute atomic E-state index is 0.146. The van der Waals surface area contributed by atoms with Gasteiger partial charge in [-0.1, -0.05) is 11.6 Å². The van der Waals surface area contributed by atoms with Crippen molar-refractivity contribution in [3.8, 4) is 5.75 Å². The molecule has 7 heteroatoms. The van der Waals surface area contributed by atoms with Gasteiger partial charge in [-0.3, -0.25) is 4.79 Å². The molecule has 1 N–H and O–H groups in total. The average molecular weight is 271 g/mol. The predicted molar refractivity (Wildman–Crippen MR) is 67.9 cm³/mol. The minimum atomic E-state index is 0.146. The highest BCUT2D eigenvalue weighted by Crippen LogP contribution is 2.29. The van der Waals surface area contributed by atoms with Crippen LogP contribution in [-0.4, -0.2) is 47.5 Å². The van der Waals surface area contributed by atoms with Crippen LogP contribution in [0.5, 0.6) is 5.75 Å². The van der Waals surface area contributed by atoms with Gasteiger partial charge < -0.3 is 15.0 Å². The van der Waals surface area contributed by atoms with Gasteiger partial charge in [0, 0.05) is 26.1 Å². The summed E-state index contributed by atoms with van der Waals surface area (Å²) in [5.41, 5.74) is 0. The molecule has 0 aliphatic carbocycles. The number of piperidine rings is 1. The lowest BCUT2D eigenvalue weighted by molar-refractivity contribution is -0.132. The summed E-state index contributed by atoms with van der Waals surface area (Å²) in [6.07, 6.45) is 2.69. The number of carbonyl (C=O) groups excluding carboxylic acids is 1. The number of halogens is 1. The van der Waals surface area contributed by atoms with Crippen LogP contribution in [0.25, 0.3) is 0 Å². The molecule has 0 radical (unpaired) electrons. The van der Waals surface area contributed by atoms with Crippen LogP contribution in [0.1, 0.15) is 12.8 Å². The molecular formula is C11H15ClN4O2. The first-order chi connectivity index (χ1) is 8.61. The van der Waals surface area contributed by atoms with Crippen molar-refractivity contribution in [3.63, 3.8) is 0 Å². The number of likely N-dealkylation sites (N-methyl/N-ethyl adjacent to an activating group) is 1. The number of aromatic nitrogens is 2. The van der Waals surface area contributed by atoms with Crippen LogP contribution in [0.4, 0.5) is 5.82 Å². The number of nitrogens with zero attached hydrogens (tertiary/aromatic N) is 3. The number of ether oxygens (including phenoxy) is 1. The van der Waals surface area contributed by atoms with Crippen LogP contribution in [0.3, 0.4) is 0 Å². The molecular weight excluding hydrogens is 256 g/mol. The summed E-state index contributed by atoms with van der Waals surface area (Å²) in [5.74, 6) is 1.16. The molecule has 98 valence electrons. The van der Waals surface area contributed by atoms with Crippen molar-refractivity contribution in [2.75, 3.05) is 26.0 Å². The van der Waals surface area contributed by atoms with Crippen molar-refractivity contribution in [1.82, 2.24) is 14.9 Å². The van der Waals surface area contributed by atoms with Gasteiger partial charge >= 0.3 is 0 Å². The first-order valence-electron chi connectivity index (χ1n) is 5.66. The number of methoxy groups -OCH3 is 1. The van der Waals surface area contributed by atoms with Crippen LogP contribution >= 0.6 is 11.6 Å². The van der Waals surface area contributed by atoms with E-state index in [-0.39, 0.29) is 17.1 Å². The second-order valence-corrected chi connectivity index (χ2v) is 4.56. The lowest BCUT2D eigenvalue weighted by Crippen LogP contribution is -2.43. The van der Waals surface area contributed by atoms with Gasteiger partial charge in [-0.2, -0.15) is 0 Å². The molecule has 1 aliphatic rings. The number of amides is 1. The largest absolute Gasteiger partial charge is 0.490 e. The number of nitrogens with one attached hydrogen (secondary N) is 1. The van der Waals surface area contributed by atoms with E-state index in [0.29, 0.717) is 24.5 Å². The summed E-state index contributed by atoms with van der Waals surface area (Å²) in [6.45, 7) is 0.642. The van der Waals surface area contributed by atoms with Gasteiger partial charge in [0.25, 0.3) is 0 Å². The smallest absolute Gasteiger partial charge is 0.222 e. The lowest BCUT2D eigenvalue weighted by Gasteiger charge is -2.30. The molecule has 18 heavy (non-hydrogen) atoms. The molecule has 0 bridgehead atoms. The van der Waals surface area contributed by atoms with E-state index < -0.39 is 0 Å². The summed E-state index contributed by atoms with van der Waals surface area (Å²) >= 11 is 5.92. The third kappa shape index (κ3) is 2.64. The molecule has 1 fully saturated rings. The average Bonchev–Trinajstić information content (AvgIpc) is 2.34. The van der Waals surface area contributed by atoms with Crippen molar-refractivity contribution in [3.05, 3.63) is 11.5 Å². The number of likely N-dealkylation sites (tertiary alicyclic amines) is 1. The maximum Gasteiger partial charge on any atom is 0.222 e. The molecule has 1 aromatic rings. The van der Waals surface area contributed by atoms with Crippen LogP contribution in [-0.2, 0) is 4.79 Å². The topological polar surface area (TPSA) is 67.4 Å². The van der Waals surface area contributed by atoms with E-state index in [1.807, 2.05) is 0 Å². The third-order valence-corrected chi connectivity index (χ3v) is 3.20. The van der Waals surface area contributed by atoms with Gasteiger partial charge in [-0.25, -0.2) is 9.97 Å². The monoisotopic (exact) mass is 270 g/mol. The van der Waals surface area contributed by atoms with Gasteiger partial charge in [0.1, 0.15) is 6.33 Å². The van der Waals surface area contributed by atoms with E-state index in [1.54, 1.807) is 11.9 Å². The Labute approximate surface area is 110 Å². The van der Waals surface area contributed by atoms with Crippen molar-refractivity contribution >= 4 is 23.3 Å². The summed E-state index contributed by atoms with van der Waals surface area (Å²) in [6, 6.07) is 0.146. The van der Waals surface area contributed by atoms with Gasteiger partial charge in [-0.15, -0.1) is 0 Å². The Bertz CT molecular complexity index is 455. The van der Waals surface area contributed by atoms with Crippen molar-refractivity contribution in [2.45, 2.75) is 18.9 Å². The molecule has 1 amide bonds. The molecule has 1 unspecified atom stereocenters. The molecule has 1 aromatic heterocycles. The molecule has 1 saturated heterocycles. The van der Waals surface area contributed by atoms with E-state index in [4.69, 9.17) is 16.3 Å². The van der Waals surface area contributed by atoms with Gasteiger partial charge in [0.05, 0.1) is 7.11 Å². The van der Waals surface area contributed by atoms with Gasteiger partial charge in [-0.05, 0) is 6.42 Å².